The van der Waals surface area contributed by atoms with E-state index in [1.807, 2.05) is 54.6 Å². The van der Waals surface area contributed by atoms with Crippen molar-refractivity contribution in [2.75, 3.05) is 0 Å². The number of rotatable bonds is 3. The van der Waals surface area contributed by atoms with Crippen LogP contribution in [0.5, 0.6) is 0 Å². The molecule has 0 spiro atoms. The Morgan fingerprint density at radius 3 is 2.26 bits per heavy atom. The van der Waals surface area contributed by atoms with Crippen LogP contribution in [-0.2, 0) is 0 Å². The molecule has 3 nitrogen and oxygen atoms in total. The zero-order valence-corrected chi connectivity index (χ0v) is 15.3. The minimum absolute atomic E-state index is 0.0364. The third kappa shape index (κ3) is 3.13. The largest absolute Gasteiger partial charge is 0.269 e. The Bertz CT molecular complexity index is 1170. The SMILES string of the molecule is CC(Cl)c1nc2cccc(F)c2c(=O)n1-c1ccc(-c2ccccc2)cc1. The van der Waals surface area contributed by atoms with Crippen LogP contribution in [0.25, 0.3) is 27.7 Å². The lowest BCUT2D eigenvalue weighted by molar-refractivity contribution is 0.636. The van der Waals surface area contributed by atoms with Gasteiger partial charge >= 0.3 is 0 Å². The fourth-order valence-corrected chi connectivity index (χ4v) is 3.30. The average molecular weight is 379 g/mol. The highest BCUT2D eigenvalue weighted by Gasteiger charge is 2.18. The van der Waals surface area contributed by atoms with Gasteiger partial charge in [0, 0.05) is 0 Å². The van der Waals surface area contributed by atoms with Gasteiger partial charge in [0.1, 0.15) is 17.0 Å². The summed E-state index contributed by atoms with van der Waals surface area (Å²) >= 11 is 6.28. The van der Waals surface area contributed by atoms with Crippen LogP contribution in [0, 0.1) is 5.82 Å². The second kappa shape index (κ2) is 6.97. The molecule has 0 saturated carbocycles. The van der Waals surface area contributed by atoms with Crippen molar-refractivity contribution < 1.29 is 4.39 Å². The van der Waals surface area contributed by atoms with Gasteiger partial charge in [-0.1, -0.05) is 48.5 Å². The van der Waals surface area contributed by atoms with Crippen molar-refractivity contribution in [3.63, 3.8) is 0 Å². The molecule has 27 heavy (non-hydrogen) atoms. The molecular weight excluding hydrogens is 363 g/mol. The molecule has 0 aliphatic rings. The van der Waals surface area contributed by atoms with Gasteiger partial charge in [-0.25, -0.2) is 9.37 Å². The second-order valence-corrected chi connectivity index (χ2v) is 6.93. The van der Waals surface area contributed by atoms with Gasteiger partial charge in [0.15, 0.2) is 0 Å². The smallest absolute Gasteiger partial charge is 0.268 e. The summed E-state index contributed by atoms with van der Waals surface area (Å²) in [7, 11) is 0. The molecular formula is C22H16ClFN2O. The Morgan fingerprint density at radius 2 is 1.59 bits per heavy atom. The first-order chi connectivity index (χ1) is 13.1. The monoisotopic (exact) mass is 378 g/mol. The van der Waals surface area contributed by atoms with E-state index in [2.05, 4.69) is 4.98 Å². The summed E-state index contributed by atoms with van der Waals surface area (Å²) in [5, 5.41) is -0.551. The van der Waals surface area contributed by atoms with Gasteiger partial charge in [-0.2, -0.15) is 0 Å². The zero-order valence-electron chi connectivity index (χ0n) is 14.6. The van der Waals surface area contributed by atoms with E-state index in [0.29, 0.717) is 17.0 Å². The molecule has 1 unspecified atom stereocenters. The predicted octanol–water partition coefficient (Wildman–Crippen LogP) is 5.49. The molecule has 5 heteroatoms. The summed E-state index contributed by atoms with van der Waals surface area (Å²) in [5.74, 6) is -0.208. The summed E-state index contributed by atoms with van der Waals surface area (Å²) in [4.78, 5) is 17.5. The van der Waals surface area contributed by atoms with Crippen molar-refractivity contribution in [1.29, 1.82) is 0 Å². The van der Waals surface area contributed by atoms with Crippen molar-refractivity contribution in [3.05, 3.63) is 94.8 Å². The maximum Gasteiger partial charge on any atom is 0.269 e. The van der Waals surface area contributed by atoms with E-state index >= 15 is 0 Å². The van der Waals surface area contributed by atoms with Crippen LogP contribution < -0.4 is 5.56 Å². The van der Waals surface area contributed by atoms with Crippen LogP contribution >= 0.6 is 11.6 Å². The quantitative estimate of drug-likeness (QED) is 0.442. The lowest BCUT2D eigenvalue weighted by Gasteiger charge is -2.15. The minimum atomic E-state index is -0.589. The summed E-state index contributed by atoms with van der Waals surface area (Å²) in [5.41, 5.74) is 2.53. The third-order valence-electron chi connectivity index (χ3n) is 4.46. The average Bonchev–Trinajstić information content (AvgIpc) is 2.68. The highest BCUT2D eigenvalue weighted by Crippen LogP contribution is 2.25. The molecule has 0 aliphatic heterocycles. The number of alkyl halides is 1. The fraction of sp³-hybridized carbons (Fsp3) is 0.0909. The molecule has 134 valence electrons. The molecule has 0 bridgehead atoms. The first-order valence-electron chi connectivity index (χ1n) is 8.57. The number of hydrogen-bond acceptors (Lipinski definition) is 2. The number of benzene rings is 3. The molecule has 1 heterocycles. The van der Waals surface area contributed by atoms with Crippen molar-refractivity contribution in [2.45, 2.75) is 12.3 Å². The van der Waals surface area contributed by atoms with E-state index in [1.165, 1.54) is 16.7 Å². The lowest BCUT2D eigenvalue weighted by atomic mass is 10.1. The topological polar surface area (TPSA) is 34.9 Å². The van der Waals surface area contributed by atoms with E-state index in [1.54, 1.807) is 13.0 Å². The fourth-order valence-electron chi connectivity index (χ4n) is 3.16. The van der Waals surface area contributed by atoms with Gasteiger partial charge in [0.05, 0.1) is 16.6 Å². The standard InChI is InChI=1S/C22H16ClFN2O/c1-14(23)21-25-19-9-5-8-18(24)20(19)22(27)26(21)17-12-10-16(11-13-17)15-6-3-2-4-7-15/h2-14H,1H3. The van der Waals surface area contributed by atoms with Gasteiger partial charge in [0.2, 0.25) is 0 Å². The number of hydrogen-bond donors (Lipinski definition) is 0. The van der Waals surface area contributed by atoms with Crippen LogP contribution in [0.1, 0.15) is 18.1 Å². The summed E-state index contributed by atoms with van der Waals surface area (Å²) in [6.07, 6.45) is 0. The molecule has 4 rings (SSSR count). The molecule has 0 N–H and O–H groups in total. The Morgan fingerprint density at radius 1 is 0.926 bits per heavy atom. The van der Waals surface area contributed by atoms with Gasteiger partial charge in [0.25, 0.3) is 5.56 Å². The molecule has 0 amide bonds. The van der Waals surface area contributed by atoms with Crippen LogP contribution in [0.4, 0.5) is 4.39 Å². The molecule has 0 saturated heterocycles. The predicted molar refractivity (Wildman–Crippen MR) is 107 cm³/mol. The maximum atomic E-state index is 14.3. The number of nitrogens with zero attached hydrogens (tertiary/aromatic N) is 2. The van der Waals surface area contributed by atoms with Crippen LogP contribution in [0.3, 0.4) is 0 Å². The highest BCUT2D eigenvalue weighted by atomic mass is 35.5. The number of aromatic nitrogens is 2. The van der Waals surface area contributed by atoms with Gasteiger partial charge in [-0.3, -0.25) is 9.36 Å². The lowest BCUT2D eigenvalue weighted by Crippen LogP contribution is -2.25. The number of fused-ring (bicyclic) bond motifs is 1. The molecule has 0 fully saturated rings. The molecule has 1 aromatic heterocycles. The van der Waals surface area contributed by atoms with E-state index in [9.17, 15) is 9.18 Å². The summed E-state index contributed by atoms with van der Waals surface area (Å²) in [6, 6.07) is 21.8. The van der Waals surface area contributed by atoms with E-state index in [4.69, 9.17) is 11.6 Å². The van der Waals surface area contributed by atoms with Crippen LogP contribution in [0.15, 0.2) is 77.6 Å². The number of halogens is 2. The first-order valence-corrected chi connectivity index (χ1v) is 9.01. The summed E-state index contributed by atoms with van der Waals surface area (Å²) < 4.78 is 15.7. The van der Waals surface area contributed by atoms with Crippen molar-refractivity contribution in [2.24, 2.45) is 0 Å². The van der Waals surface area contributed by atoms with Gasteiger partial charge in [-0.15, -0.1) is 11.6 Å². The van der Waals surface area contributed by atoms with E-state index in [-0.39, 0.29) is 5.39 Å². The normalized spacial score (nSPS) is 12.3. The molecule has 0 radical (unpaired) electrons. The van der Waals surface area contributed by atoms with Crippen molar-refractivity contribution >= 4 is 22.5 Å². The Hall–Kier alpha value is -2.98. The molecule has 0 aliphatic carbocycles. The molecule has 1 atom stereocenters. The Kier molecular flexibility index (Phi) is 4.50. The summed E-state index contributed by atoms with van der Waals surface area (Å²) in [6.45, 7) is 1.74. The Balaban J connectivity index is 1.93. The van der Waals surface area contributed by atoms with Gasteiger partial charge in [-0.05, 0) is 42.3 Å². The van der Waals surface area contributed by atoms with Crippen LogP contribution in [0.2, 0.25) is 0 Å². The molecule has 3 aromatic carbocycles. The van der Waals surface area contributed by atoms with Crippen molar-refractivity contribution in [1.82, 2.24) is 9.55 Å². The second-order valence-electron chi connectivity index (χ2n) is 6.27. The molecule has 4 aromatic rings. The van der Waals surface area contributed by atoms with Crippen LogP contribution in [-0.4, -0.2) is 9.55 Å². The van der Waals surface area contributed by atoms with E-state index < -0.39 is 16.8 Å². The van der Waals surface area contributed by atoms with Crippen molar-refractivity contribution in [3.8, 4) is 16.8 Å². The Labute approximate surface area is 160 Å². The van der Waals surface area contributed by atoms with E-state index in [0.717, 1.165) is 11.1 Å². The van der Waals surface area contributed by atoms with Gasteiger partial charge < -0.3 is 0 Å². The zero-order chi connectivity index (χ0) is 19.0. The minimum Gasteiger partial charge on any atom is -0.268 e. The maximum absolute atomic E-state index is 14.3. The highest BCUT2D eigenvalue weighted by molar-refractivity contribution is 6.20. The third-order valence-corrected chi connectivity index (χ3v) is 4.66. The first kappa shape index (κ1) is 17.4.